The van der Waals surface area contributed by atoms with Gasteiger partial charge in [-0.1, -0.05) is 78.5 Å². The zero-order valence-electron chi connectivity index (χ0n) is 15.9. The van der Waals surface area contributed by atoms with Gasteiger partial charge in [0, 0.05) is 27.4 Å². The first-order valence-corrected chi connectivity index (χ1v) is 10.1. The minimum atomic E-state index is 0.0842. The number of hydrogen-bond acceptors (Lipinski definition) is 2. The Labute approximate surface area is 169 Å². The van der Waals surface area contributed by atoms with Gasteiger partial charge in [-0.3, -0.25) is 4.79 Å². The molecular formula is C25H21NOS. The van der Waals surface area contributed by atoms with E-state index in [-0.39, 0.29) is 5.78 Å². The van der Waals surface area contributed by atoms with Crippen LogP contribution >= 0.6 is 11.8 Å². The van der Waals surface area contributed by atoms with Crippen molar-refractivity contribution in [2.24, 2.45) is 0 Å². The van der Waals surface area contributed by atoms with Crippen molar-refractivity contribution < 1.29 is 4.79 Å². The quantitative estimate of drug-likeness (QED) is 0.353. The van der Waals surface area contributed by atoms with Crippen LogP contribution in [0, 0.1) is 6.92 Å². The second kappa shape index (κ2) is 7.91. The lowest BCUT2D eigenvalue weighted by Gasteiger charge is -2.13. The first-order chi connectivity index (χ1) is 13.7. The summed E-state index contributed by atoms with van der Waals surface area (Å²) in [6.07, 6.45) is 0. The van der Waals surface area contributed by atoms with Gasteiger partial charge in [0.15, 0.2) is 5.78 Å². The maximum atomic E-state index is 12.7. The molecule has 1 heterocycles. The predicted molar refractivity (Wildman–Crippen MR) is 117 cm³/mol. The molecular weight excluding hydrogens is 362 g/mol. The Bertz CT molecular complexity index is 1100. The maximum absolute atomic E-state index is 12.7. The molecule has 0 bridgehead atoms. The number of nitrogens with zero attached hydrogens (tertiary/aromatic N) is 1. The van der Waals surface area contributed by atoms with E-state index in [1.807, 2.05) is 61.5 Å². The highest BCUT2D eigenvalue weighted by Gasteiger charge is 2.25. The van der Waals surface area contributed by atoms with E-state index in [0.29, 0.717) is 0 Å². The number of hydrogen-bond donors (Lipinski definition) is 0. The Morgan fingerprint density at radius 3 is 1.89 bits per heavy atom. The van der Waals surface area contributed by atoms with Gasteiger partial charge < -0.3 is 4.57 Å². The molecule has 0 amide bonds. The van der Waals surface area contributed by atoms with Crippen molar-refractivity contribution in [1.29, 1.82) is 0 Å². The van der Waals surface area contributed by atoms with Gasteiger partial charge in [0.1, 0.15) is 0 Å². The molecule has 0 aliphatic rings. The molecule has 3 aromatic carbocycles. The molecule has 28 heavy (non-hydrogen) atoms. The van der Waals surface area contributed by atoms with Gasteiger partial charge in [-0.05, 0) is 43.7 Å². The molecule has 0 aliphatic carbocycles. The summed E-state index contributed by atoms with van der Waals surface area (Å²) in [4.78, 5) is 13.8. The van der Waals surface area contributed by atoms with Crippen LogP contribution < -0.4 is 0 Å². The fourth-order valence-electron chi connectivity index (χ4n) is 3.55. The van der Waals surface area contributed by atoms with Gasteiger partial charge in [-0.25, -0.2) is 0 Å². The fourth-order valence-corrected chi connectivity index (χ4v) is 4.72. The third-order valence-corrected chi connectivity index (χ3v) is 5.84. The van der Waals surface area contributed by atoms with Crippen LogP contribution in [0.1, 0.15) is 23.0 Å². The number of carbonyl (C=O) groups excluding carboxylic acids is 1. The second-order valence-electron chi connectivity index (χ2n) is 6.65. The molecule has 0 fully saturated rings. The monoisotopic (exact) mass is 383 g/mol. The minimum Gasteiger partial charge on any atom is -0.307 e. The van der Waals surface area contributed by atoms with Gasteiger partial charge in [0.25, 0.3) is 0 Å². The molecule has 0 aliphatic heterocycles. The molecule has 0 saturated heterocycles. The van der Waals surface area contributed by atoms with Crippen molar-refractivity contribution >= 4 is 17.5 Å². The standard InChI is InChI=1S/C25H21NOS/c1-18-23(19(2)27)24(20-12-6-3-7-13-20)25(28-22-16-10-5-11-17-22)26(18)21-14-8-4-9-15-21/h3-17H,1-2H3. The van der Waals surface area contributed by atoms with E-state index in [1.165, 1.54) is 0 Å². The average molecular weight is 384 g/mol. The summed E-state index contributed by atoms with van der Waals surface area (Å²) >= 11 is 1.69. The summed E-state index contributed by atoms with van der Waals surface area (Å²) in [5.41, 5.74) is 4.87. The number of para-hydroxylation sites is 1. The molecule has 0 N–H and O–H groups in total. The van der Waals surface area contributed by atoms with Crippen LogP contribution in [0.4, 0.5) is 0 Å². The van der Waals surface area contributed by atoms with Crippen LogP contribution in [-0.4, -0.2) is 10.4 Å². The molecule has 0 unspecified atom stereocenters. The van der Waals surface area contributed by atoms with Gasteiger partial charge >= 0.3 is 0 Å². The van der Waals surface area contributed by atoms with Crippen LogP contribution in [0.5, 0.6) is 0 Å². The van der Waals surface area contributed by atoms with Gasteiger partial charge in [0.2, 0.25) is 0 Å². The van der Waals surface area contributed by atoms with Crippen LogP contribution in [-0.2, 0) is 0 Å². The highest BCUT2D eigenvalue weighted by atomic mass is 32.2. The van der Waals surface area contributed by atoms with Crippen molar-refractivity contribution in [2.45, 2.75) is 23.8 Å². The lowest BCUT2D eigenvalue weighted by atomic mass is 10.0. The molecule has 4 aromatic rings. The normalized spacial score (nSPS) is 10.8. The third-order valence-electron chi connectivity index (χ3n) is 4.75. The van der Waals surface area contributed by atoms with Crippen molar-refractivity contribution in [3.63, 3.8) is 0 Å². The van der Waals surface area contributed by atoms with E-state index in [1.54, 1.807) is 18.7 Å². The number of ketones is 1. The summed E-state index contributed by atoms with van der Waals surface area (Å²) in [7, 11) is 0. The van der Waals surface area contributed by atoms with Crippen LogP contribution in [0.3, 0.4) is 0 Å². The first kappa shape index (κ1) is 18.3. The number of Topliss-reactive ketones (excluding diaryl/α,β-unsaturated/α-hetero) is 1. The Morgan fingerprint density at radius 2 is 1.32 bits per heavy atom. The molecule has 4 rings (SSSR count). The number of rotatable bonds is 5. The second-order valence-corrected chi connectivity index (χ2v) is 7.71. The average Bonchev–Trinajstić information content (AvgIpc) is 3.02. The van der Waals surface area contributed by atoms with Crippen molar-refractivity contribution in [3.8, 4) is 16.8 Å². The molecule has 0 radical (unpaired) electrons. The largest absolute Gasteiger partial charge is 0.307 e. The third kappa shape index (κ3) is 3.41. The molecule has 138 valence electrons. The lowest BCUT2D eigenvalue weighted by molar-refractivity contribution is 0.101. The van der Waals surface area contributed by atoms with E-state index in [0.717, 1.165) is 38.0 Å². The Hall–Kier alpha value is -3.04. The molecule has 0 spiro atoms. The Morgan fingerprint density at radius 1 is 0.786 bits per heavy atom. The van der Waals surface area contributed by atoms with Crippen molar-refractivity contribution in [3.05, 3.63) is 102 Å². The SMILES string of the molecule is CC(=O)c1c(-c2ccccc2)c(Sc2ccccc2)n(-c2ccccc2)c1C. The van der Waals surface area contributed by atoms with Gasteiger partial charge in [-0.15, -0.1) is 0 Å². The molecule has 0 saturated carbocycles. The van der Waals surface area contributed by atoms with Crippen molar-refractivity contribution in [1.82, 2.24) is 4.57 Å². The fraction of sp³-hybridized carbons (Fsp3) is 0.0800. The number of carbonyl (C=O) groups is 1. The molecule has 2 nitrogen and oxygen atoms in total. The topological polar surface area (TPSA) is 22.0 Å². The van der Waals surface area contributed by atoms with E-state index in [2.05, 4.69) is 41.0 Å². The first-order valence-electron chi connectivity index (χ1n) is 9.27. The van der Waals surface area contributed by atoms with Crippen molar-refractivity contribution in [2.75, 3.05) is 0 Å². The zero-order valence-corrected chi connectivity index (χ0v) is 16.7. The molecule has 0 atom stereocenters. The van der Waals surface area contributed by atoms with E-state index in [9.17, 15) is 4.79 Å². The van der Waals surface area contributed by atoms with E-state index >= 15 is 0 Å². The zero-order chi connectivity index (χ0) is 19.5. The molecule has 1 aromatic heterocycles. The maximum Gasteiger partial charge on any atom is 0.162 e. The number of aromatic nitrogens is 1. The Balaban J connectivity index is 2.04. The predicted octanol–water partition coefficient (Wildman–Crippen LogP) is 6.81. The minimum absolute atomic E-state index is 0.0842. The van der Waals surface area contributed by atoms with Crippen LogP contribution in [0.15, 0.2) is 101 Å². The summed E-state index contributed by atoms with van der Waals surface area (Å²) in [6, 6.07) is 30.7. The summed E-state index contributed by atoms with van der Waals surface area (Å²) in [5.74, 6) is 0.0842. The Kier molecular flexibility index (Phi) is 5.18. The smallest absolute Gasteiger partial charge is 0.162 e. The highest BCUT2D eigenvalue weighted by molar-refractivity contribution is 7.99. The van der Waals surface area contributed by atoms with Gasteiger partial charge in [-0.2, -0.15) is 0 Å². The van der Waals surface area contributed by atoms with Gasteiger partial charge in [0.05, 0.1) is 5.03 Å². The molecule has 3 heteroatoms. The lowest BCUT2D eigenvalue weighted by Crippen LogP contribution is -2.00. The highest BCUT2D eigenvalue weighted by Crippen LogP contribution is 2.43. The summed E-state index contributed by atoms with van der Waals surface area (Å²) in [6.45, 7) is 3.69. The van der Waals surface area contributed by atoms with E-state index in [4.69, 9.17) is 0 Å². The van der Waals surface area contributed by atoms with Crippen LogP contribution in [0.25, 0.3) is 16.8 Å². The summed E-state index contributed by atoms with van der Waals surface area (Å²) in [5, 5.41) is 1.06. The number of benzene rings is 3. The van der Waals surface area contributed by atoms with E-state index < -0.39 is 0 Å². The van der Waals surface area contributed by atoms with Crippen LogP contribution in [0.2, 0.25) is 0 Å². The summed E-state index contributed by atoms with van der Waals surface area (Å²) < 4.78 is 2.21.